The molecule has 0 aliphatic carbocycles. The van der Waals surface area contributed by atoms with Crippen molar-refractivity contribution in [2.24, 2.45) is 11.8 Å². The van der Waals surface area contributed by atoms with Crippen LogP contribution in [-0.4, -0.2) is 36.5 Å². The SMILES string of the molecule is C#CC#CC#CC#CC#CC#Cn1c2cc(C)sc2c2sc(-c3c4nsnc4c(C)c4nc(-c5ccc(OCC(CCCCCCCC)CCCCCCCCCC)cc5)c(-c5ccc(OCC(CCCCCCCC)CCCCCCCCCC)cc5)nc34)cc21.[HH].[HH].[HH].[HH].[HH].[HH].[HH]. The van der Waals surface area contributed by atoms with Crippen LogP contribution in [0.5, 0.6) is 11.5 Å². The lowest BCUT2D eigenvalue weighted by molar-refractivity contribution is 0.224. The molecule has 0 radical (unpaired) electrons. The Morgan fingerprint density at radius 1 is 0.446 bits per heavy atom. The number of hydrogen-bond donors (Lipinski definition) is 0. The number of aryl methyl sites for hydroxylation is 2. The molecular formula is C82H113N5O2S3. The molecule has 3 aromatic carbocycles. The second-order valence-electron chi connectivity index (χ2n) is 25.2. The normalized spacial score (nSPS) is 11.7. The first-order valence-electron chi connectivity index (χ1n) is 35.3. The molecule has 8 aromatic rings. The Kier molecular flexibility index (Phi) is 30.9. The molecule has 2 atom stereocenters. The Labute approximate surface area is 575 Å². The minimum Gasteiger partial charge on any atom is -0.493 e. The first-order valence-corrected chi connectivity index (χ1v) is 37.7. The van der Waals surface area contributed by atoms with E-state index in [1.807, 2.05) is 4.57 Å². The molecule has 10 heteroatoms. The molecule has 0 aliphatic rings. The van der Waals surface area contributed by atoms with Crippen molar-refractivity contribution in [2.75, 3.05) is 13.2 Å². The second-order valence-corrected chi connectivity index (χ2v) is 28.1. The third kappa shape index (κ3) is 21.5. The average molecular weight is 1300 g/mol. The van der Waals surface area contributed by atoms with Crippen LogP contribution in [0.2, 0.25) is 0 Å². The fraction of sp³-hybridized carbons (Fsp3) is 0.512. The Morgan fingerprint density at radius 2 is 0.837 bits per heavy atom. The predicted octanol–water partition coefficient (Wildman–Crippen LogP) is 25.2. The van der Waals surface area contributed by atoms with E-state index in [-0.39, 0.29) is 9.99 Å². The topological polar surface area (TPSA) is 75.0 Å². The third-order valence-corrected chi connectivity index (χ3v) is 20.8. The molecule has 0 saturated heterocycles. The summed E-state index contributed by atoms with van der Waals surface area (Å²) in [6, 6.07) is 25.0. The van der Waals surface area contributed by atoms with E-state index in [2.05, 4.69) is 167 Å². The minimum atomic E-state index is 0. The fourth-order valence-electron chi connectivity index (χ4n) is 12.6. The van der Waals surface area contributed by atoms with Gasteiger partial charge in [-0.2, -0.15) is 8.75 Å². The first-order chi connectivity index (χ1) is 45.3. The van der Waals surface area contributed by atoms with E-state index in [1.54, 1.807) is 22.7 Å². The standard InChI is InChI=1S/C82H99N5O2S3.7H2/c1-8-13-18-23-28-31-32-35-40-45-58-87-71-59-63(6)90-81(71)82-72(87)60-73(91-82)74-79-75(64(7)76-80(74)86-92-85-76)83-77(67-50-54-69(55-51-67)88-61-65(46-41-36-26-21-16-11-4)48-43-38-33-29-24-19-14-9-2)78(84-79)68-52-56-70(57-53-68)89-62-66(47-42-37-27-22-17-12-5)49-44-39-34-30-25-20-15-10-3;;;;;;;/h1,50-57,59-60,65-66H,9-12,14-17,19-22,24-27,29-30,33-34,36-39,41-44,46-49,61-62H2,2-7H3;7*1H. The van der Waals surface area contributed by atoms with Gasteiger partial charge in [0, 0.05) is 77.6 Å². The molecule has 0 bridgehead atoms. The molecule has 7 nitrogen and oxygen atoms in total. The molecule has 2 unspecified atom stereocenters. The summed E-state index contributed by atoms with van der Waals surface area (Å²) in [5.41, 5.74) is 10.7. The van der Waals surface area contributed by atoms with Gasteiger partial charge in [0.05, 0.1) is 62.3 Å². The summed E-state index contributed by atoms with van der Waals surface area (Å²) in [6.45, 7) is 14.9. The summed E-state index contributed by atoms with van der Waals surface area (Å²) >= 11 is 4.73. The highest BCUT2D eigenvalue weighted by molar-refractivity contribution is 7.29. The molecular weight excluding hydrogens is 1180 g/mol. The number of aromatic nitrogens is 5. The maximum absolute atomic E-state index is 6.76. The number of unbranched alkanes of at least 4 members (excludes halogenated alkanes) is 24. The van der Waals surface area contributed by atoms with E-state index in [0.29, 0.717) is 11.8 Å². The van der Waals surface area contributed by atoms with Gasteiger partial charge < -0.3 is 9.47 Å². The maximum Gasteiger partial charge on any atom is 0.119 e. The van der Waals surface area contributed by atoms with Crippen molar-refractivity contribution < 1.29 is 19.5 Å². The Balaban J connectivity index is 0.00000700. The van der Waals surface area contributed by atoms with Crippen molar-refractivity contribution in [1.82, 2.24) is 23.3 Å². The van der Waals surface area contributed by atoms with Crippen molar-refractivity contribution in [3.8, 4) is 116 Å². The van der Waals surface area contributed by atoms with Crippen LogP contribution in [0.25, 0.3) is 75.5 Å². The van der Waals surface area contributed by atoms with Crippen LogP contribution in [0.15, 0.2) is 60.7 Å². The highest BCUT2D eigenvalue weighted by Crippen LogP contribution is 2.47. The molecule has 8 rings (SSSR count). The minimum absolute atomic E-state index is 0. The zero-order chi connectivity index (χ0) is 64.4. The van der Waals surface area contributed by atoms with Gasteiger partial charge >= 0.3 is 0 Å². The van der Waals surface area contributed by atoms with Crippen molar-refractivity contribution in [3.05, 3.63) is 71.1 Å². The van der Waals surface area contributed by atoms with Crippen LogP contribution in [0.4, 0.5) is 0 Å². The first kappa shape index (κ1) is 70.8. The molecule has 0 spiro atoms. The van der Waals surface area contributed by atoms with E-state index in [9.17, 15) is 0 Å². The van der Waals surface area contributed by atoms with Crippen LogP contribution in [-0.2, 0) is 0 Å². The second kappa shape index (κ2) is 40.2. The van der Waals surface area contributed by atoms with E-state index in [1.165, 1.54) is 227 Å². The average Bonchev–Trinajstić information content (AvgIpc) is 1.63. The zero-order valence-electron chi connectivity index (χ0n) is 56.3. The van der Waals surface area contributed by atoms with Crippen molar-refractivity contribution in [1.29, 1.82) is 0 Å². The van der Waals surface area contributed by atoms with Crippen LogP contribution in [0, 0.1) is 97.4 Å². The molecule has 92 heavy (non-hydrogen) atoms. The third-order valence-electron chi connectivity index (χ3n) is 17.9. The van der Waals surface area contributed by atoms with Gasteiger partial charge in [0.15, 0.2) is 0 Å². The number of fused-ring (bicyclic) bond motifs is 5. The van der Waals surface area contributed by atoms with Gasteiger partial charge in [0.1, 0.15) is 28.0 Å². The summed E-state index contributed by atoms with van der Waals surface area (Å²) in [6.07, 6.45) is 47.3. The van der Waals surface area contributed by atoms with E-state index >= 15 is 0 Å². The zero-order valence-corrected chi connectivity index (χ0v) is 58.8. The number of benzene rings is 3. The van der Waals surface area contributed by atoms with Crippen LogP contribution < -0.4 is 9.47 Å². The van der Waals surface area contributed by atoms with E-state index < -0.39 is 0 Å². The fourth-order valence-corrected chi connectivity index (χ4v) is 15.5. The molecule has 0 saturated carbocycles. The summed E-state index contributed by atoms with van der Waals surface area (Å²) in [7, 11) is 0. The molecule has 0 N–H and O–H groups in total. The number of ether oxygens (including phenoxy) is 2. The van der Waals surface area contributed by atoms with Gasteiger partial charge in [-0.05, 0) is 142 Å². The van der Waals surface area contributed by atoms with Gasteiger partial charge in [-0.1, -0.05) is 207 Å². The summed E-state index contributed by atoms with van der Waals surface area (Å²) in [4.78, 5) is 13.7. The Bertz CT molecular complexity index is 3980. The predicted molar refractivity (Wildman–Crippen MR) is 411 cm³/mol. The number of nitrogens with zero attached hydrogens (tertiary/aromatic N) is 5. The Morgan fingerprint density at radius 3 is 1.29 bits per heavy atom. The number of hydrogen-bond acceptors (Lipinski definition) is 9. The number of terminal acetylenes is 1. The van der Waals surface area contributed by atoms with Crippen molar-refractivity contribution >= 4 is 76.9 Å². The van der Waals surface area contributed by atoms with Gasteiger partial charge in [0.2, 0.25) is 0 Å². The lowest BCUT2D eigenvalue weighted by Crippen LogP contribution is -2.12. The number of rotatable bonds is 41. The lowest BCUT2D eigenvalue weighted by Gasteiger charge is -2.19. The lowest BCUT2D eigenvalue weighted by atomic mass is 9.94. The van der Waals surface area contributed by atoms with Crippen LogP contribution in [0.1, 0.15) is 254 Å². The van der Waals surface area contributed by atoms with Crippen molar-refractivity contribution in [2.45, 2.75) is 247 Å². The van der Waals surface area contributed by atoms with Gasteiger partial charge in [-0.3, -0.25) is 4.57 Å². The monoisotopic (exact) mass is 1300 g/mol. The van der Waals surface area contributed by atoms with Gasteiger partial charge in [-0.15, -0.1) is 29.1 Å². The van der Waals surface area contributed by atoms with Gasteiger partial charge in [0.25, 0.3) is 0 Å². The number of thiophene rings is 2. The molecule has 5 aromatic heterocycles. The van der Waals surface area contributed by atoms with Gasteiger partial charge in [-0.25, -0.2) is 9.97 Å². The largest absolute Gasteiger partial charge is 0.493 e. The van der Waals surface area contributed by atoms with Crippen molar-refractivity contribution in [3.63, 3.8) is 0 Å². The summed E-state index contributed by atoms with van der Waals surface area (Å²) in [5, 5.41) is 0. The smallest absolute Gasteiger partial charge is 0.119 e. The highest BCUT2D eigenvalue weighted by Gasteiger charge is 2.26. The molecule has 0 fully saturated rings. The highest BCUT2D eigenvalue weighted by atomic mass is 32.1. The summed E-state index contributed by atoms with van der Waals surface area (Å²) in [5.74, 6) is 29.5. The molecule has 0 aliphatic heterocycles. The maximum atomic E-state index is 6.76. The van der Waals surface area contributed by atoms with Crippen LogP contribution in [0.3, 0.4) is 0 Å². The molecule has 5 heterocycles. The Hall–Kier alpha value is -7.02. The molecule has 496 valence electrons. The van der Waals surface area contributed by atoms with E-state index in [0.717, 1.165) is 101 Å². The van der Waals surface area contributed by atoms with E-state index in [4.69, 9.17) is 34.6 Å². The summed E-state index contributed by atoms with van der Waals surface area (Å²) < 4.78 is 27.8. The van der Waals surface area contributed by atoms with Crippen LogP contribution >= 0.6 is 34.4 Å². The quantitative estimate of drug-likeness (QED) is 0.0281. The molecule has 0 amide bonds.